The van der Waals surface area contributed by atoms with Gasteiger partial charge in [-0.15, -0.1) is 0 Å². The number of hydrogen-bond donors (Lipinski definition) is 1. The molecule has 0 aromatic heterocycles. The predicted molar refractivity (Wildman–Crippen MR) is 136 cm³/mol. The molecule has 2 heterocycles. The van der Waals surface area contributed by atoms with E-state index < -0.39 is 11.4 Å². The van der Waals surface area contributed by atoms with Crippen LogP contribution in [0.25, 0.3) is 11.1 Å². The molecule has 0 aliphatic carbocycles. The van der Waals surface area contributed by atoms with Crippen LogP contribution in [0.3, 0.4) is 0 Å². The standard InChI is InChI=1S/C28H36N4O3/c1-20(2)11-14-32-27(35)31(19-25(29)33)26(34)28(32)12-15-30(16-13-28)18-22-8-6-9-23(17-22)24-10-5-4-7-21(24)3/h4-10,17,20H,11-16,18-19H2,1-3H3,(H2,29,33). The Kier molecular flexibility index (Phi) is 7.26. The van der Waals surface area contributed by atoms with Crippen LogP contribution in [0.15, 0.2) is 48.5 Å². The van der Waals surface area contributed by atoms with E-state index in [-0.39, 0.29) is 18.5 Å². The van der Waals surface area contributed by atoms with Crippen molar-refractivity contribution in [1.82, 2.24) is 14.7 Å². The SMILES string of the molecule is Cc1ccccc1-c1cccc(CN2CCC3(CC2)C(=O)N(CC(N)=O)C(=O)N3CCC(C)C)c1. The van der Waals surface area contributed by atoms with Gasteiger partial charge in [-0.3, -0.25) is 19.4 Å². The average Bonchev–Trinajstić information content (AvgIpc) is 3.00. The van der Waals surface area contributed by atoms with Crippen molar-refractivity contribution >= 4 is 17.8 Å². The van der Waals surface area contributed by atoms with Crippen LogP contribution in [0.4, 0.5) is 4.79 Å². The number of nitrogens with two attached hydrogens (primary N) is 1. The molecular formula is C28H36N4O3. The number of hydrogen-bond acceptors (Lipinski definition) is 4. The van der Waals surface area contributed by atoms with Crippen molar-refractivity contribution in [2.75, 3.05) is 26.2 Å². The zero-order valence-electron chi connectivity index (χ0n) is 21.0. The van der Waals surface area contributed by atoms with Crippen LogP contribution in [-0.2, 0) is 16.1 Å². The summed E-state index contributed by atoms with van der Waals surface area (Å²) in [5.74, 6) is -0.537. The number of imide groups is 1. The van der Waals surface area contributed by atoms with Crippen molar-refractivity contribution < 1.29 is 14.4 Å². The highest BCUT2D eigenvalue weighted by Gasteiger charge is 2.57. The number of urea groups is 1. The van der Waals surface area contributed by atoms with Crippen LogP contribution >= 0.6 is 0 Å². The van der Waals surface area contributed by atoms with Gasteiger partial charge < -0.3 is 10.6 Å². The molecular weight excluding hydrogens is 440 g/mol. The second-order valence-electron chi connectivity index (χ2n) is 10.3. The molecule has 4 rings (SSSR count). The fourth-order valence-electron chi connectivity index (χ4n) is 5.33. The quantitative estimate of drug-likeness (QED) is 0.587. The Hall–Kier alpha value is -3.19. The molecule has 0 unspecified atom stereocenters. The van der Waals surface area contributed by atoms with E-state index in [1.54, 1.807) is 4.90 Å². The lowest BCUT2D eigenvalue weighted by molar-refractivity contribution is -0.137. The summed E-state index contributed by atoms with van der Waals surface area (Å²) in [7, 11) is 0. The Balaban J connectivity index is 1.48. The van der Waals surface area contributed by atoms with Crippen LogP contribution < -0.4 is 5.73 Å². The highest BCUT2D eigenvalue weighted by Crippen LogP contribution is 2.38. The fourth-order valence-corrected chi connectivity index (χ4v) is 5.33. The van der Waals surface area contributed by atoms with Crippen LogP contribution in [0.5, 0.6) is 0 Å². The Morgan fingerprint density at radius 2 is 1.77 bits per heavy atom. The first-order chi connectivity index (χ1) is 16.7. The molecule has 186 valence electrons. The molecule has 35 heavy (non-hydrogen) atoms. The number of carbonyl (C=O) groups is 3. The van der Waals surface area contributed by atoms with Crippen molar-refractivity contribution in [3.8, 4) is 11.1 Å². The number of amides is 4. The van der Waals surface area contributed by atoms with Crippen LogP contribution in [0, 0.1) is 12.8 Å². The van der Waals surface area contributed by atoms with Crippen molar-refractivity contribution in [2.24, 2.45) is 11.7 Å². The summed E-state index contributed by atoms with van der Waals surface area (Å²) in [4.78, 5) is 43.2. The normalized spacial score (nSPS) is 18.2. The number of piperidine rings is 1. The van der Waals surface area contributed by atoms with E-state index >= 15 is 0 Å². The third kappa shape index (κ3) is 5.10. The number of likely N-dealkylation sites (tertiary alicyclic amines) is 1. The molecule has 2 aliphatic heterocycles. The number of primary amides is 1. The predicted octanol–water partition coefficient (Wildman–Crippen LogP) is 3.79. The van der Waals surface area contributed by atoms with E-state index in [9.17, 15) is 14.4 Å². The summed E-state index contributed by atoms with van der Waals surface area (Å²) in [5, 5.41) is 0. The molecule has 2 fully saturated rings. The van der Waals surface area contributed by atoms with E-state index in [0.717, 1.165) is 17.9 Å². The van der Waals surface area contributed by atoms with E-state index in [1.807, 2.05) is 0 Å². The van der Waals surface area contributed by atoms with Crippen LogP contribution in [0.1, 0.15) is 44.2 Å². The number of benzene rings is 2. The molecule has 1 spiro atoms. The van der Waals surface area contributed by atoms with Crippen molar-refractivity contribution in [3.63, 3.8) is 0 Å². The summed E-state index contributed by atoms with van der Waals surface area (Å²) in [6.07, 6.45) is 1.92. The molecule has 0 radical (unpaired) electrons. The van der Waals surface area contributed by atoms with Gasteiger partial charge in [0, 0.05) is 26.2 Å². The van der Waals surface area contributed by atoms with Gasteiger partial charge >= 0.3 is 6.03 Å². The van der Waals surface area contributed by atoms with Gasteiger partial charge in [-0.1, -0.05) is 56.3 Å². The maximum Gasteiger partial charge on any atom is 0.328 e. The maximum atomic E-state index is 13.4. The van der Waals surface area contributed by atoms with E-state index in [1.165, 1.54) is 22.3 Å². The lowest BCUT2D eigenvalue weighted by Gasteiger charge is -2.42. The summed E-state index contributed by atoms with van der Waals surface area (Å²) in [6.45, 7) is 8.68. The smallest absolute Gasteiger partial charge is 0.328 e. The summed E-state index contributed by atoms with van der Waals surface area (Å²) in [6, 6.07) is 16.6. The van der Waals surface area contributed by atoms with E-state index in [4.69, 9.17) is 5.73 Å². The first-order valence-electron chi connectivity index (χ1n) is 12.5. The van der Waals surface area contributed by atoms with Gasteiger partial charge in [-0.2, -0.15) is 0 Å². The Morgan fingerprint density at radius 1 is 1.06 bits per heavy atom. The van der Waals surface area contributed by atoms with Gasteiger partial charge in [0.25, 0.3) is 5.91 Å². The van der Waals surface area contributed by atoms with Gasteiger partial charge in [-0.25, -0.2) is 4.79 Å². The molecule has 2 aromatic rings. The average molecular weight is 477 g/mol. The summed E-state index contributed by atoms with van der Waals surface area (Å²) < 4.78 is 0. The number of carbonyl (C=O) groups excluding carboxylic acids is 3. The molecule has 2 aliphatic rings. The minimum absolute atomic E-state index is 0.272. The minimum Gasteiger partial charge on any atom is -0.368 e. The number of nitrogens with zero attached hydrogens (tertiary/aromatic N) is 3. The molecule has 0 saturated carbocycles. The first-order valence-corrected chi connectivity index (χ1v) is 12.5. The Labute approximate surface area is 207 Å². The molecule has 7 heteroatoms. The molecule has 0 bridgehead atoms. The highest BCUT2D eigenvalue weighted by atomic mass is 16.2. The van der Waals surface area contributed by atoms with Crippen molar-refractivity contribution in [3.05, 3.63) is 59.7 Å². The number of rotatable bonds is 8. The fraction of sp³-hybridized carbons (Fsp3) is 0.464. The molecule has 2 aromatic carbocycles. The summed E-state index contributed by atoms with van der Waals surface area (Å²) in [5.41, 5.74) is 9.37. The molecule has 0 atom stereocenters. The largest absolute Gasteiger partial charge is 0.368 e. The zero-order valence-corrected chi connectivity index (χ0v) is 21.0. The lowest BCUT2D eigenvalue weighted by Crippen LogP contribution is -2.56. The topological polar surface area (TPSA) is 87.0 Å². The maximum absolute atomic E-state index is 13.4. The molecule has 2 N–H and O–H groups in total. The molecule has 4 amide bonds. The van der Waals surface area contributed by atoms with Crippen LogP contribution in [0.2, 0.25) is 0 Å². The molecule has 7 nitrogen and oxygen atoms in total. The Morgan fingerprint density at radius 3 is 2.43 bits per heavy atom. The Bertz CT molecular complexity index is 1100. The zero-order chi connectivity index (χ0) is 25.2. The number of aryl methyl sites for hydroxylation is 1. The van der Waals surface area contributed by atoms with E-state index in [0.29, 0.717) is 38.4 Å². The second-order valence-corrected chi connectivity index (χ2v) is 10.3. The van der Waals surface area contributed by atoms with Gasteiger partial charge in [0.15, 0.2) is 0 Å². The van der Waals surface area contributed by atoms with Gasteiger partial charge in [-0.05, 0) is 60.4 Å². The molecule has 2 saturated heterocycles. The van der Waals surface area contributed by atoms with Crippen molar-refractivity contribution in [1.29, 1.82) is 0 Å². The minimum atomic E-state index is -0.874. The second kappa shape index (κ2) is 10.2. The van der Waals surface area contributed by atoms with Gasteiger partial charge in [0.2, 0.25) is 5.91 Å². The van der Waals surface area contributed by atoms with Gasteiger partial charge in [0.1, 0.15) is 12.1 Å². The third-order valence-electron chi connectivity index (χ3n) is 7.34. The van der Waals surface area contributed by atoms with Crippen LogP contribution in [-0.4, -0.2) is 64.3 Å². The lowest BCUT2D eigenvalue weighted by atomic mass is 9.85. The summed E-state index contributed by atoms with van der Waals surface area (Å²) >= 11 is 0. The monoisotopic (exact) mass is 476 g/mol. The van der Waals surface area contributed by atoms with E-state index in [2.05, 4.69) is 74.2 Å². The first kappa shape index (κ1) is 24.9. The highest BCUT2D eigenvalue weighted by molar-refractivity contribution is 6.09. The third-order valence-corrected chi connectivity index (χ3v) is 7.34. The van der Waals surface area contributed by atoms with Gasteiger partial charge in [0.05, 0.1) is 0 Å². The van der Waals surface area contributed by atoms with Crippen molar-refractivity contribution in [2.45, 2.75) is 52.1 Å².